The van der Waals surface area contributed by atoms with Crippen molar-refractivity contribution in [2.24, 2.45) is 5.92 Å². The highest BCUT2D eigenvalue weighted by atomic mass is 16.5. The van der Waals surface area contributed by atoms with E-state index in [0.717, 1.165) is 18.7 Å². The average molecular weight is 293 g/mol. The van der Waals surface area contributed by atoms with Crippen LogP contribution in [0.25, 0.3) is 0 Å². The molecule has 2 rings (SSSR count). The quantitative estimate of drug-likeness (QED) is 0.869. The summed E-state index contributed by atoms with van der Waals surface area (Å²) in [6.07, 6.45) is -0.612. The Kier molecular flexibility index (Phi) is 5.38. The van der Waals surface area contributed by atoms with Crippen molar-refractivity contribution in [3.8, 4) is 0 Å². The van der Waals surface area contributed by atoms with Crippen LogP contribution in [0.2, 0.25) is 0 Å². The average Bonchev–Trinajstić information content (AvgIpc) is 2.45. The minimum atomic E-state index is -0.468. The number of morpholine rings is 1. The number of rotatable bonds is 5. The first-order valence-corrected chi connectivity index (χ1v) is 7.65. The van der Waals surface area contributed by atoms with Gasteiger partial charge in [0.1, 0.15) is 0 Å². The van der Waals surface area contributed by atoms with Gasteiger partial charge in [0.15, 0.2) is 0 Å². The summed E-state index contributed by atoms with van der Waals surface area (Å²) in [6.45, 7) is 8.50. The van der Waals surface area contributed by atoms with Crippen LogP contribution in [0.1, 0.15) is 32.4 Å². The lowest BCUT2D eigenvalue weighted by molar-refractivity contribution is -0.152. The molecule has 4 nitrogen and oxygen atoms in total. The summed E-state index contributed by atoms with van der Waals surface area (Å²) in [7, 11) is 0. The fourth-order valence-electron chi connectivity index (χ4n) is 3.14. The first-order chi connectivity index (χ1) is 9.91. The molecule has 1 fully saturated rings. The van der Waals surface area contributed by atoms with E-state index < -0.39 is 6.10 Å². The van der Waals surface area contributed by atoms with Gasteiger partial charge >= 0.3 is 0 Å². The van der Waals surface area contributed by atoms with E-state index in [4.69, 9.17) is 4.74 Å². The smallest absolute Gasteiger partial charge is 0.0940 e. The van der Waals surface area contributed by atoms with Gasteiger partial charge in [-0.1, -0.05) is 37.3 Å². The van der Waals surface area contributed by atoms with Gasteiger partial charge in [-0.25, -0.2) is 0 Å². The highest BCUT2D eigenvalue weighted by Gasteiger charge is 2.34. The molecule has 1 aliphatic rings. The number of ether oxygens (including phenoxy) is 1. The molecule has 0 bridgehead atoms. The van der Waals surface area contributed by atoms with Gasteiger partial charge in [-0.05, 0) is 25.3 Å². The lowest BCUT2D eigenvalue weighted by Crippen LogP contribution is -2.54. The van der Waals surface area contributed by atoms with Crippen molar-refractivity contribution in [1.29, 1.82) is 0 Å². The summed E-state index contributed by atoms with van der Waals surface area (Å²) in [6, 6.07) is 9.77. The third kappa shape index (κ3) is 4.51. The molecule has 0 saturated carbocycles. The molecule has 0 aromatic heterocycles. The summed E-state index contributed by atoms with van der Waals surface area (Å²) >= 11 is 0. The number of aliphatic hydroxyl groups excluding tert-OH is 2. The predicted molar refractivity (Wildman–Crippen MR) is 83.0 cm³/mol. The molecule has 3 atom stereocenters. The first kappa shape index (κ1) is 16.4. The predicted octanol–water partition coefficient (Wildman–Crippen LogP) is 1.83. The molecule has 2 N–H and O–H groups in total. The lowest BCUT2D eigenvalue weighted by atomic mass is 9.95. The number of benzene rings is 1. The molecular formula is C17H27NO3. The SMILES string of the molecule is CC(CN1CC(CO)OC(C)(C)C1)C(O)c1ccccc1. The third-order valence-electron chi connectivity index (χ3n) is 3.98. The van der Waals surface area contributed by atoms with E-state index in [1.165, 1.54) is 0 Å². The zero-order valence-electron chi connectivity index (χ0n) is 13.2. The van der Waals surface area contributed by atoms with Crippen LogP contribution in [-0.4, -0.2) is 53.1 Å². The monoisotopic (exact) mass is 293 g/mol. The van der Waals surface area contributed by atoms with E-state index in [0.29, 0.717) is 6.54 Å². The normalized spacial score (nSPS) is 25.5. The van der Waals surface area contributed by atoms with Crippen LogP contribution in [0.3, 0.4) is 0 Å². The van der Waals surface area contributed by atoms with Gasteiger partial charge in [0, 0.05) is 19.6 Å². The molecule has 1 heterocycles. The first-order valence-electron chi connectivity index (χ1n) is 7.65. The van der Waals surface area contributed by atoms with Crippen LogP contribution < -0.4 is 0 Å². The van der Waals surface area contributed by atoms with E-state index in [1.807, 2.05) is 44.2 Å². The molecule has 4 heteroatoms. The van der Waals surface area contributed by atoms with Gasteiger partial charge < -0.3 is 14.9 Å². The fourth-order valence-corrected chi connectivity index (χ4v) is 3.14. The maximum Gasteiger partial charge on any atom is 0.0940 e. The van der Waals surface area contributed by atoms with Crippen LogP contribution in [0.5, 0.6) is 0 Å². The molecule has 1 aliphatic heterocycles. The molecule has 0 radical (unpaired) electrons. The molecule has 3 unspecified atom stereocenters. The van der Waals surface area contributed by atoms with Gasteiger partial charge in [0.05, 0.1) is 24.4 Å². The molecule has 0 aliphatic carbocycles. The Labute approximate surface area is 127 Å². The van der Waals surface area contributed by atoms with Crippen LogP contribution >= 0.6 is 0 Å². The Morgan fingerprint density at radius 2 is 2.00 bits per heavy atom. The maximum absolute atomic E-state index is 10.5. The molecule has 118 valence electrons. The summed E-state index contributed by atoms with van der Waals surface area (Å²) in [5.41, 5.74) is 0.694. The highest BCUT2D eigenvalue weighted by Crippen LogP contribution is 2.26. The molecule has 1 saturated heterocycles. The standard InChI is InChI=1S/C17H27NO3/c1-13(16(20)14-7-5-4-6-8-14)9-18-10-15(11-19)21-17(2,3)12-18/h4-8,13,15-16,19-20H,9-12H2,1-3H3. The van der Waals surface area contributed by atoms with Crippen LogP contribution in [-0.2, 0) is 4.74 Å². The summed E-state index contributed by atoms with van der Waals surface area (Å²) in [5.74, 6) is 0.126. The van der Waals surface area contributed by atoms with Gasteiger partial charge in [-0.15, -0.1) is 0 Å². The van der Waals surface area contributed by atoms with E-state index in [9.17, 15) is 10.2 Å². The van der Waals surface area contributed by atoms with Gasteiger partial charge in [0.2, 0.25) is 0 Å². The van der Waals surface area contributed by atoms with Crippen molar-refractivity contribution < 1.29 is 14.9 Å². The van der Waals surface area contributed by atoms with Crippen molar-refractivity contribution >= 4 is 0 Å². The van der Waals surface area contributed by atoms with Crippen LogP contribution in [0.15, 0.2) is 30.3 Å². The van der Waals surface area contributed by atoms with Crippen molar-refractivity contribution in [2.75, 3.05) is 26.2 Å². The second kappa shape index (κ2) is 6.88. The second-order valence-electron chi connectivity index (χ2n) is 6.71. The molecule has 0 amide bonds. The second-order valence-corrected chi connectivity index (χ2v) is 6.71. The van der Waals surface area contributed by atoms with Gasteiger partial charge in [-0.2, -0.15) is 0 Å². The fraction of sp³-hybridized carbons (Fsp3) is 0.647. The Hall–Kier alpha value is -0.940. The van der Waals surface area contributed by atoms with Gasteiger partial charge in [0.25, 0.3) is 0 Å². The van der Waals surface area contributed by atoms with E-state index in [-0.39, 0.29) is 24.2 Å². The van der Waals surface area contributed by atoms with Gasteiger partial charge in [-0.3, -0.25) is 4.90 Å². The van der Waals surface area contributed by atoms with E-state index >= 15 is 0 Å². The van der Waals surface area contributed by atoms with Crippen LogP contribution in [0.4, 0.5) is 0 Å². The minimum absolute atomic E-state index is 0.0373. The number of hydrogen-bond donors (Lipinski definition) is 2. The summed E-state index contributed by atoms with van der Waals surface area (Å²) < 4.78 is 5.83. The number of aliphatic hydroxyl groups is 2. The minimum Gasteiger partial charge on any atom is -0.394 e. The van der Waals surface area contributed by atoms with Crippen molar-refractivity contribution in [1.82, 2.24) is 4.90 Å². The van der Waals surface area contributed by atoms with Crippen molar-refractivity contribution in [2.45, 2.75) is 38.6 Å². The molecule has 1 aromatic carbocycles. The van der Waals surface area contributed by atoms with E-state index in [1.54, 1.807) is 0 Å². The molecule has 21 heavy (non-hydrogen) atoms. The largest absolute Gasteiger partial charge is 0.394 e. The third-order valence-corrected chi connectivity index (χ3v) is 3.98. The lowest BCUT2D eigenvalue weighted by Gasteiger charge is -2.43. The Morgan fingerprint density at radius 3 is 2.62 bits per heavy atom. The number of nitrogens with zero attached hydrogens (tertiary/aromatic N) is 1. The van der Waals surface area contributed by atoms with Crippen molar-refractivity contribution in [3.63, 3.8) is 0 Å². The van der Waals surface area contributed by atoms with E-state index in [2.05, 4.69) is 11.8 Å². The highest BCUT2D eigenvalue weighted by molar-refractivity contribution is 5.17. The van der Waals surface area contributed by atoms with Crippen LogP contribution in [0, 0.1) is 5.92 Å². The topological polar surface area (TPSA) is 52.9 Å². The van der Waals surface area contributed by atoms with Crippen molar-refractivity contribution in [3.05, 3.63) is 35.9 Å². The zero-order chi connectivity index (χ0) is 15.5. The Balaban J connectivity index is 1.97. The Bertz CT molecular complexity index is 435. The molecular weight excluding hydrogens is 266 g/mol. The Morgan fingerprint density at radius 1 is 1.33 bits per heavy atom. The zero-order valence-corrected chi connectivity index (χ0v) is 13.2. The summed E-state index contributed by atoms with van der Waals surface area (Å²) in [4.78, 5) is 2.28. The number of hydrogen-bond acceptors (Lipinski definition) is 4. The summed E-state index contributed by atoms with van der Waals surface area (Å²) in [5, 5.41) is 19.8. The molecule has 1 aromatic rings. The maximum atomic E-state index is 10.5. The molecule has 0 spiro atoms.